The van der Waals surface area contributed by atoms with Gasteiger partial charge in [0.15, 0.2) is 0 Å². The van der Waals surface area contributed by atoms with Gasteiger partial charge in [0.25, 0.3) is 0 Å². The van der Waals surface area contributed by atoms with E-state index in [1.165, 1.54) is 24.8 Å². The summed E-state index contributed by atoms with van der Waals surface area (Å²) in [6.07, 6.45) is 3.67. The van der Waals surface area contributed by atoms with E-state index in [1.54, 1.807) is 7.11 Å². The van der Waals surface area contributed by atoms with Crippen LogP contribution in [-0.4, -0.2) is 13.7 Å². The van der Waals surface area contributed by atoms with Crippen LogP contribution < -0.4 is 10.1 Å². The predicted octanol–water partition coefficient (Wildman–Crippen LogP) is 4.17. The van der Waals surface area contributed by atoms with Crippen LogP contribution in [0.5, 0.6) is 5.75 Å². The molecule has 2 heteroatoms. The Morgan fingerprint density at radius 3 is 2.28 bits per heavy atom. The first-order valence-corrected chi connectivity index (χ1v) is 7.10. The lowest BCUT2D eigenvalue weighted by Crippen LogP contribution is -2.27. The molecule has 0 saturated heterocycles. The Hall–Kier alpha value is -1.02. The third-order valence-electron chi connectivity index (χ3n) is 3.40. The molecular weight excluding hydrogens is 222 g/mol. The number of hydrogen-bond acceptors (Lipinski definition) is 2. The van der Waals surface area contributed by atoms with Crippen LogP contribution in [0.25, 0.3) is 0 Å². The fourth-order valence-corrected chi connectivity index (χ4v) is 2.38. The van der Waals surface area contributed by atoms with Crippen molar-refractivity contribution >= 4 is 0 Å². The molecule has 0 saturated carbocycles. The maximum absolute atomic E-state index is 5.22. The van der Waals surface area contributed by atoms with Crippen molar-refractivity contribution in [2.45, 2.75) is 46.1 Å². The summed E-state index contributed by atoms with van der Waals surface area (Å²) in [6, 6.07) is 8.91. The highest BCUT2D eigenvalue weighted by molar-refractivity contribution is 5.29. The van der Waals surface area contributed by atoms with Crippen LogP contribution in [0, 0.1) is 5.92 Å². The molecule has 0 spiro atoms. The molecule has 0 aliphatic carbocycles. The fourth-order valence-electron chi connectivity index (χ4n) is 2.38. The first-order chi connectivity index (χ1) is 8.72. The number of ether oxygens (including phenoxy) is 1. The van der Waals surface area contributed by atoms with Crippen molar-refractivity contribution in [3.8, 4) is 5.75 Å². The molecule has 1 aromatic rings. The van der Waals surface area contributed by atoms with Crippen LogP contribution in [0.15, 0.2) is 24.3 Å². The molecule has 1 N–H and O–H groups in total. The molecule has 1 rings (SSSR count). The molecule has 0 aliphatic heterocycles. The largest absolute Gasteiger partial charge is 0.497 e. The van der Waals surface area contributed by atoms with Crippen LogP contribution in [-0.2, 0) is 0 Å². The lowest BCUT2D eigenvalue weighted by Gasteiger charge is -2.25. The summed E-state index contributed by atoms with van der Waals surface area (Å²) in [5, 5.41) is 3.67. The van der Waals surface area contributed by atoms with Crippen molar-refractivity contribution in [2.75, 3.05) is 13.7 Å². The number of methoxy groups -OCH3 is 1. The van der Waals surface area contributed by atoms with Gasteiger partial charge in [-0.05, 0) is 43.0 Å². The molecule has 0 amide bonds. The van der Waals surface area contributed by atoms with Gasteiger partial charge in [0.2, 0.25) is 0 Å². The standard InChI is InChI=1S/C16H27NO/c1-5-7-13(3)16(17-12-6-2)14-8-10-15(18-4)11-9-14/h8-11,13,16-17H,5-7,12H2,1-4H3. The molecule has 18 heavy (non-hydrogen) atoms. The van der Waals surface area contributed by atoms with Crippen LogP contribution >= 0.6 is 0 Å². The van der Waals surface area contributed by atoms with E-state index >= 15 is 0 Å². The van der Waals surface area contributed by atoms with E-state index in [0.29, 0.717) is 12.0 Å². The molecule has 2 atom stereocenters. The van der Waals surface area contributed by atoms with Crippen molar-refractivity contribution in [1.29, 1.82) is 0 Å². The monoisotopic (exact) mass is 249 g/mol. The summed E-state index contributed by atoms with van der Waals surface area (Å²) in [6.45, 7) is 7.87. The Kier molecular flexibility index (Phi) is 6.81. The Balaban J connectivity index is 2.79. The highest BCUT2D eigenvalue weighted by Gasteiger charge is 2.17. The molecule has 0 heterocycles. The summed E-state index contributed by atoms with van der Waals surface area (Å²) in [4.78, 5) is 0. The predicted molar refractivity (Wildman–Crippen MR) is 78.1 cm³/mol. The second kappa shape index (κ2) is 8.15. The Morgan fingerprint density at radius 1 is 1.11 bits per heavy atom. The zero-order valence-electron chi connectivity index (χ0n) is 12.2. The topological polar surface area (TPSA) is 21.3 Å². The number of hydrogen-bond donors (Lipinski definition) is 1. The molecule has 102 valence electrons. The molecule has 0 radical (unpaired) electrons. The zero-order valence-corrected chi connectivity index (χ0v) is 12.2. The molecule has 0 fully saturated rings. The normalized spacial score (nSPS) is 14.2. The molecule has 0 bridgehead atoms. The average molecular weight is 249 g/mol. The summed E-state index contributed by atoms with van der Waals surface area (Å²) in [5.74, 6) is 1.59. The lowest BCUT2D eigenvalue weighted by molar-refractivity contribution is 0.362. The molecule has 2 nitrogen and oxygen atoms in total. The first-order valence-electron chi connectivity index (χ1n) is 7.10. The second-order valence-electron chi connectivity index (χ2n) is 4.97. The first kappa shape index (κ1) is 15.0. The summed E-state index contributed by atoms with van der Waals surface area (Å²) in [7, 11) is 1.71. The Bertz CT molecular complexity index is 320. The number of benzene rings is 1. The number of rotatable bonds is 8. The van der Waals surface area contributed by atoms with Gasteiger partial charge >= 0.3 is 0 Å². The Labute approximate surface area is 112 Å². The van der Waals surface area contributed by atoms with Crippen LogP contribution in [0.1, 0.15) is 51.6 Å². The van der Waals surface area contributed by atoms with Gasteiger partial charge in [0.05, 0.1) is 7.11 Å². The van der Waals surface area contributed by atoms with Gasteiger partial charge in [0, 0.05) is 6.04 Å². The minimum atomic E-state index is 0.454. The van der Waals surface area contributed by atoms with Gasteiger partial charge in [-0.2, -0.15) is 0 Å². The molecule has 2 unspecified atom stereocenters. The molecule has 0 aromatic heterocycles. The molecule has 0 aliphatic rings. The zero-order chi connectivity index (χ0) is 13.4. The van der Waals surface area contributed by atoms with Gasteiger partial charge in [-0.15, -0.1) is 0 Å². The highest BCUT2D eigenvalue weighted by Crippen LogP contribution is 2.27. The van der Waals surface area contributed by atoms with Crippen molar-refractivity contribution in [3.05, 3.63) is 29.8 Å². The molecular formula is C16H27NO. The van der Waals surface area contributed by atoms with Crippen molar-refractivity contribution < 1.29 is 4.74 Å². The van der Waals surface area contributed by atoms with Gasteiger partial charge in [-0.1, -0.05) is 39.3 Å². The van der Waals surface area contributed by atoms with E-state index in [2.05, 4.69) is 50.4 Å². The quantitative estimate of drug-likeness (QED) is 0.746. The summed E-state index contributed by atoms with van der Waals surface area (Å²) < 4.78 is 5.22. The van der Waals surface area contributed by atoms with Crippen LogP contribution in [0.4, 0.5) is 0 Å². The van der Waals surface area contributed by atoms with Crippen LogP contribution in [0.3, 0.4) is 0 Å². The maximum Gasteiger partial charge on any atom is 0.118 e. The van der Waals surface area contributed by atoms with E-state index < -0.39 is 0 Å². The second-order valence-corrected chi connectivity index (χ2v) is 4.97. The van der Waals surface area contributed by atoms with Crippen molar-refractivity contribution in [2.24, 2.45) is 5.92 Å². The summed E-state index contributed by atoms with van der Waals surface area (Å²) in [5.41, 5.74) is 1.37. The SMILES string of the molecule is CCCNC(c1ccc(OC)cc1)C(C)CCC. The van der Waals surface area contributed by atoms with E-state index in [1.807, 2.05) is 0 Å². The average Bonchev–Trinajstić information content (AvgIpc) is 2.40. The maximum atomic E-state index is 5.22. The van der Waals surface area contributed by atoms with Crippen LogP contribution in [0.2, 0.25) is 0 Å². The van der Waals surface area contributed by atoms with Crippen molar-refractivity contribution in [1.82, 2.24) is 5.32 Å². The van der Waals surface area contributed by atoms with Crippen molar-refractivity contribution in [3.63, 3.8) is 0 Å². The Morgan fingerprint density at radius 2 is 1.78 bits per heavy atom. The van der Waals surface area contributed by atoms with Gasteiger partial charge in [-0.25, -0.2) is 0 Å². The summed E-state index contributed by atoms with van der Waals surface area (Å²) >= 11 is 0. The lowest BCUT2D eigenvalue weighted by atomic mass is 9.91. The van der Waals surface area contributed by atoms with E-state index in [9.17, 15) is 0 Å². The minimum absolute atomic E-state index is 0.454. The van der Waals surface area contributed by atoms with Gasteiger partial charge in [0.1, 0.15) is 5.75 Å². The fraction of sp³-hybridized carbons (Fsp3) is 0.625. The van der Waals surface area contributed by atoms with Gasteiger partial charge in [-0.3, -0.25) is 0 Å². The smallest absolute Gasteiger partial charge is 0.118 e. The minimum Gasteiger partial charge on any atom is -0.497 e. The number of nitrogens with one attached hydrogen (secondary N) is 1. The van der Waals surface area contributed by atoms with Gasteiger partial charge < -0.3 is 10.1 Å². The third kappa shape index (κ3) is 4.34. The third-order valence-corrected chi connectivity index (χ3v) is 3.40. The van der Waals surface area contributed by atoms with E-state index in [4.69, 9.17) is 4.74 Å². The molecule has 1 aromatic carbocycles. The highest BCUT2D eigenvalue weighted by atomic mass is 16.5. The van der Waals surface area contributed by atoms with E-state index in [-0.39, 0.29) is 0 Å². The van der Waals surface area contributed by atoms with E-state index in [0.717, 1.165) is 12.3 Å².